The molecule has 140 valence electrons. The number of hydrogen-bond acceptors (Lipinski definition) is 6. The molecule has 0 spiro atoms. The van der Waals surface area contributed by atoms with Gasteiger partial charge < -0.3 is 10.1 Å². The molecular weight excluding hydrogens is 372 g/mol. The van der Waals surface area contributed by atoms with Crippen molar-refractivity contribution < 1.29 is 14.3 Å². The van der Waals surface area contributed by atoms with E-state index in [2.05, 4.69) is 5.32 Å². The quantitative estimate of drug-likeness (QED) is 0.709. The van der Waals surface area contributed by atoms with Crippen LogP contribution in [0.4, 0.5) is 0 Å². The average Bonchev–Trinajstić information content (AvgIpc) is 3.18. The Hall–Kier alpha value is -2.19. The van der Waals surface area contributed by atoms with Crippen molar-refractivity contribution in [2.45, 2.75) is 27.3 Å². The van der Waals surface area contributed by atoms with E-state index in [-0.39, 0.29) is 24.6 Å². The molecule has 0 bridgehead atoms. The number of aromatic nitrogens is 1. The van der Waals surface area contributed by atoms with E-state index in [0.717, 1.165) is 4.88 Å². The van der Waals surface area contributed by atoms with Crippen LogP contribution in [0.5, 0.6) is 0 Å². The van der Waals surface area contributed by atoms with Crippen LogP contribution in [0.3, 0.4) is 0 Å². The van der Waals surface area contributed by atoms with Crippen LogP contribution in [-0.2, 0) is 20.9 Å². The van der Waals surface area contributed by atoms with Crippen LogP contribution in [0.1, 0.15) is 25.6 Å². The topological polar surface area (TPSA) is 77.4 Å². The standard InChI is InChI=1S/C18H22N2O4S2/c1-4-24-17(22)9-16-20(11-15(21)19-10-12(2)3)18(23)14(26-16)8-13-6-5-7-25-13/h5-9,12H,4,10-11H2,1-3H3,(H,19,21)/b14-8-,16-9-. The second kappa shape index (κ2) is 9.49. The zero-order valence-corrected chi connectivity index (χ0v) is 16.6. The van der Waals surface area contributed by atoms with Crippen LogP contribution in [0.25, 0.3) is 12.2 Å². The molecule has 6 nitrogen and oxygen atoms in total. The molecule has 1 amide bonds. The number of carbonyl (C=O) groups excluding carboxylic acids is 2. The molecule has 0 aliphatic heterocycles. The lowest BCUT2D eigenvalue weighted by Gasteiger charge is -2.07. The van der Waals surface area contributed by atoms with Gasteiger partial charge in [0.1, 0.15) is 11.2 Å². The van der Waals surface area contributed by atoms with Crippen molar-refractivity contribution in [3.63, 3.8) is 0 Å². The summed E-state index contributed by atoms with van der Waals surface area (Å²) in [5.74, 6) is -0.487. The van der Waals surface area contributed by atoms with Gasteiger partial charge in [-0.05, 0) is 30.4 Å². The van der Waals surface area contributed by atoms with Gasteiger partial charge in [0, 0.05) is 11.4 Å². The molecule has 0 aliphatic rings. The van der Waals surface area contributed by atoms with Crippen LogP contribution in [-0.4, -0.2) is 29.6 Å². The van der Waals surface area contributed by atoms with Crippen molar-refractivity contribution in [1.82, 2.24) is 9.88 Å². The van der Waals surface area contributed by atoms with Gasteiger partial charge >= 0.3 is 5.97 Å². The SMILES string of the molecule is CCOC(=O)/C=c1\s/c(=C\c2cccs2)c(=O)n1CC(=O)NCC(C)C. The van der Waals surface area contributed by atoms with E-state index >= 15 is 0 Å². The van der Waals surface area contributed by atoms with Gasteiger partial charge in [0.25, 0.3) is 5.56 Å². The molecule has 2 aromatic rings. The fraction of sp³-hybridized carbons (Fsp3) is 0.389. The molecule has 0 aliphatic carbocycles. The average molecular weight is 395 g/mol. The largest absolute Gasteiger partial charge is 0.463 e. The number of nitrogens with one attached hydrogen (secondary N) is 1. The minimum absolute atomic E-state index is 0.133. The van der Waals surface area contributed by atoms with Crippen molar-refractivity contribution in [3.05, 3.63) is 41.9 Å². The Morgan fingerprint density at radius 1 is 1.38 bits per heavy atom. The minimum Gasteiger partial charge on any atom is -0.463 e. The molecule has 8 heteroatoms. The highest BCUT2D eigenvalue weighted by molar-refractivity contribution is 7.11. The van der Waals surface area contributed by atoms with Crippen molar-refractivity contribution in [2.24, 2.45) is 5.92 Å². The molecule has 0 aromatic carbocycles. The molecule has 0 fully saturated rings. The van der Waals surface area contributed by atoms with Crippen LogP contribution in [0.15, 0.2) is 22.3 Å². The lowest BCUT2D eigenvalue weighted by molar-refractivity contribution is -0.135. The number of hydrogen-bond donors (Lipinski definition) is 1. The molecular formula is C18H22N2O4S2. The van der Waals surface area contributed by atoms with Gasteiger partial charge in [-0.1, -0.05) is 19.9 Å². The number of carbonyl (C=O) groups is 2. The first-order valence-electron chi connectivity index (χ1n) is 8.30. The molecule has 0 radical (unpaired) electrons. The molecule has 2 heterocycles. The lowest BCUT2D eigenvalue weighted by Crippen LogP contribution is -2.39. The number of amides is 1. The first kappa shape index (κ1) is 20.1. The molecule has 26 heavy (non-hydrogen) atoms. The highest BCUT2D eigenvalue weighted by atomic mass is 32.1. The predicted octanol–water partition coefficient (Wildman–Crippen LogP) is 0.916. The highest BCUT2D eigenvalue weighted by Crippen LogP contribution is 2.08. The fourth-order valence-electron chi connectivity index (χ4n) is 2.10. The summed E-state index contributed by atoms with van der Waals surface area (Å²) in [7, 11) is 0. The van der Waals surface area contributed by atoms with Crippen molar-refractivity contribution in [1.29, 1.82) is 0 Å². The molecule has 0 atom stereocenters. The van der Waals surface area contributed by atoms with Gasteiger partial charge in [0.2, 0.25) is 5.91 Å². The summed E-state index contributed by atoms with van der Waals surface area (Å²) in [5, 5.41) is 4.71. The molecule has 2 rings (SSSR count). The first-order valence-corrected chi connectivity index (χ1v) is 10.0. The van der Waals surface area contributed by atoms with Crippen LogP contribution >= 0.6 is 22.7 Å². The van der Waals surface area contributed by atoms with Crippen LogP contribution in [0, 0.1) is 5.92 Å². The number of ether oxygens (including phenoxy) is 1. The van der Waals surface area contributed by atoms with E-state index in [9.17, 15) is 14.4 Å². The second-order valence-electron chi connectivity index (χ2n) is 5.95. The summed E-state index contributed by atoms with van der Waals surface area (Å²) in [6.07, 6.45) is 3.03. The van der Waals surface area contributed by atoms with Crippen molar-refractivity contribution in [3.8, 4) is 0 Å². The Labute approximate surface area is 159 Å². The Bertz CT molecular complexity index is 924. The first-order chi connectivity index (χ1) is 12.4. The number of rotatable bonds is 7. The van der Waals surface area contributed by atoms with Crippen LogP contribution < -0.4 is 20.1 Å². The van der Waals surface area contributed by atoms with E-state index in [4.69, 9.17) is 4.74 Å². The van der Waals surface area contributed by atoms with Gasteiger partial charge in [-0.3, -0.25) is 14.2 Å². The summed E-state index contributed by atoms with van der Waals surface area (Å²) in [6.45, 7) is 6.33. The Morgan fingerprint density at radius 3 is 2.77 bits per heavy atom. The number of thiazole rings is 1. The van der Waals surface area contributed by atoms with Gasteiger partial charge in [-0.15, -0.1) is 22.7 Å². The summed E-state index contributed by atoms with van der Waals surface area (Å²) in [4.78, 5) is 37.6. The third-order valence-electron chi connectivity index (χ3n) is 3.29. The molecule has 0 unspecified atom stereocenters. The van der Waals surface area contributed by atoms with E-state index in [1.807, 2.05) is 31.4 Å². The highest BCUT2D eigenvalue weighted by Gasteiger charge is 2.11. The fourth-order valence-corrected chi connectivity index (χ4v) is 3.85. The Balaban J connectivity index is 2.43. The lowest BCUT2D eigenvalue weighted by atomic mass is 10.2. The summed E-state index contributed by atoms with van der Waals surface area (Å²) in [6, 6.07) is 3.80. The molecule has 2 aromatic heterocycles. The van der Waals surface area contributed by atoms with Gasteiger partial charge in [-0.2, -0.15) is 0 Å². The van der Waals surface area contributed by atoms with Gasteiger partial charge in [-0.25, -0.2) is 4.79 Å². The molecule has 0 saturated heterocycles. The normalized spacial score (nSPS) is 12.6. The number of thiophene rings is 1. The zero-order valence-electron chi connectivity index (χ0n) is 15.0. The summed E-state index contributed by atoms with van der Waals surface area (Å²) < 4.78 is 7.11. The van der Waals surface area contributed by atoms with Gasteiger partial charge in [0.05, 0.1) is 17.2 Å². The zero-order chi connectivity index (χ0) is 19.1. The van der Waals surface area contributed by atoms with Crippen LogP contribution in [0.2, 0.25) is 0 Å². The Kier molecular flexibility index (Phi) is 7.35. The van der Waals surface area contributed by atoms with E-state index < -0.39 is 5.97 Å². The number of esters is 1. The molecule has 1 N–H and O–H groups in total. The Morgan fingerprint density at radius 2 is 2.15 bits per heavy atom. The maximum Gasteiger partial charge on any atom is 0.333 e. The summed E-state index contributed by atoms with van der Waals surface area (Å²) in [5.41, 5.74) is -0.293. The third-order valence-corrected chi connectivity index (χ3v) is 5.17. The molecule has 0 saturated carbocycles. The smallest absolute Gasteiger partial charge is 0.333 e. The van der Waals surface area contributed by atoms with E-state index in [0.29, 0.717) is 21.7 Å². The monoisotopic (exact) mass is 394 g/mol. The van der Waals surface area contributed by atoms with Crippen molar-refractivity contribution in [2.75, 3.05) is 13.2 Å². The second-order valence-corrected chi connectivity index (χ2v) is 7.99. The maximum atomic E-state index is 12.7. The summed E-state index contributed by atoms with van der Waals surface area (Å²) >= 11 is 2.68. The third kappa shape index (κ3) is 5.67. The predicted molar refractivity (Wildman–Crippen MR) is 105 cm³/mol. The maximum absolute atomic E-state index is 12.7. The van der Waals surface area contributed by atoms with E-state index in [1.54, 1.807) is 13.0 Å². The number of nitrogens with zero attached hydrogens (tertiary/aromatic N) is 1. The van der Waals surface area contributed by atoms with Crippen molar-refractivity contribution >= 4 is 46.7 Å². The van der Waals surface area contributed by atoms with E-state index in [1.165, 1.54) is 33.3 Å². The minimum atomic E-state index is -0.534. The van der Waals surface area contributed by atoms with Gasteiger partial charge in [0.15, 0.2) is 0 Å².